The number of hydrogen-bond donors (Lipinski definition) is 1. The summed E-state index contributed by atoms with van der Waals surface area (Å²) in [4.78, 5) is 18.4. The molecule has 1 N–H and O–H groups in total. The third-order valence-corrected chi connectivity index (χ3v) is 6.69. The van der Waals surface area contributed by atoms with Gasteiger partial charge in [0.05, 0.1) is 17.1 Å². The summed E-state index contributed by atoms with van der Waals surface area (Å²) in [5.74, 6) is 0.514. The van der Waals surface area contributed by atoms with E-state index in [2.05, 4.69) is 60.4 Å². The molecule has 3 aromatic rings. The Bertz CT molecular complexity index is 1140. The average Bonchev–Trinajstić information content (AvgIpc) is 3.39. The summed E-state index contributed by atoms with van der Waals surface area (Å²) in [7, 11) is 0. The van der Waals surface area contributed by atoms with Crippen LogP contribution in [-0.2, 0) is 0 Å². The zero-order chi connectivity index (χ0) is 23.2. The van der Waals surface area contributed by atoms with E-state index >= 15 is 0 Å². The number of hydrogen-bond acceptors (Lipinski definition) is 7. The van der Waals surface area contributed by atoms with Gasteiger partial charge >= 0.3 is 0 Å². The Kier molecular flexibility index (Phi) is 6.85. The van der Waals surface area contributed by atoms with Crippen LogP contribution in [0.3, 0.4) is 0 Å². The van der Waals surface area contributed by atoms with Crippen LogP contribution in [-0.4, -0.2) is 41.1 Å². The van der Waals surface area contributed by atoms with Gasteiger partial charge in [-0.3, -0.25) is 0 Å². The summed E-state index contributed by atoms with van der Waals surface area (Å²) in [5, 5.41) is 13.0. The van der Waals surface area contributed by atoms with Crippen molar-refractivity contribution in [1.29, 1.82) is 5.26 Å². The molecule has 0 bridgehead atoms. The molecule has 1 aromatic carbocycles. The van der Waals surface area contributed by atoms with Crippen molar-refractivity contribution in [3.05, 3.63) is 54.4 Å². The number of nitrogens with one attached hydrogen (secondary N) is 1. The summed E-state index contributed by atoms with van der Waals surface area (Å²) in [6.45, 7) is 4.22. The zero-order valence-electron chi connectivity index (χ0n) is 19.6. The fraction of sp³-hybridized carbons (Fsp3) is 0.407. The van der Waals surface area contributed by atoms with Crippen LogP contribution in [0.25, 0.3) is 11.4 Å². The molecule has 7 nitrogen and oxygen atoms in total. The van der Waals surface area contributed by atoms with Crippen LogP contribution >= 0.6 is 0 Å². The molecule has 2 aliphatic rings. The number of rotatable bonds is 5. The maximum absolute atomic E-state index is 9.66. The number of aromatic nitrogens is 3. The van der Waals surface area contributed by atoms with E-state index in [1.807, 2.05) is 18.2 Å². The van der Waals surface area contributed by atoms with Gasteiger partial charge < -0.3 is 15.1 Å². The van der Waals surface area contributed by atoms with E-state index < -0.39 is 0 Å². The summed E-state index contributed by atoms with van der Waals surface area (Å²) >= 11 is 0. The predicted molar refractivity (Wildman–Crippen MR) is 136 cm³/mol. The largest absolute Gasteiger partial charge is 0.372 e. The standard InChI is InChI=1S/C27H31N7/c28-20-25-26(34-18-6-7-19-34)13-12-23(31-25)24-14-15-29-27(32-24)30-21-8-10-22(11-9-21)33-16-4-2-1-3-5-17-33/h8-15H,1-7,16-19H2,(H,29,30,32). The monoisotopic (exact) mass is 453 g/mol. The zero-order valence-corrected chi connectivity index (χ0v) is 19.6. The molecule has 0 atom stereocenters. The van der Waals surface area contributed by atoms with Gasteiger partial charge in [-0.25, -0.2) is 15.0 Å². The van der Waals surface area contributed by atoms with Crippen molar-refractivity contribution in [2.24, 2.45) is 0 Å². The molecule has 0 spiro atoms. The Labute approximate surface area is 201 Å². The minimum absolute atomic E-state index is 0.451. The van der Waals surface area contributed by atoms with E-state index in [1.54, 1.807) is 6.20 Å². The maximum Gasteiger partial charge on any atom is 0.227 e. The van der Waals surface area contributed by atoms with E-state index in [4.69, 9.17) is 0 Å². The second kappa shape index (κ2) is 10.5. The molecule has 4 heterocycles. The molecule has 34 heavy (non-hydrogen) atoms. The Morgan fingerprint density at radius 1 is 0.706 bits per heavy atom. The van der Waals surface area contributed by atoms with Gasteiger partial charge in [0, 0.05) is 43.8 Å². The van der Waals surface area contributed by atoms with Crippen LogP contribution in [0.2, 0.25) is 0 Å². The van der Waals surface area contributed by atoms with Crippen LogP contribution in [0.1, 0.15) is 50.6 Å². The molecular formula is C27H31N7. The predicted octanol–water partition coefficient (Wildman–Crippen LogP) is 5.52. The quantitative estimate of drug-likeness (QED) is 0.544. The van der Waals surface area contributed by atoms with Crippen molar-refractivity contribution in [1.82, 2.24) is 15.0 Å². The smallest absolute Gasteiger partial charge is 0.227 e. The second-order valence-corrected chi connectivity index (χ2v) is 9.06. The second-order valence-electron chi connectivity index (χ2n) is 9.06. The molecule has 0 saturated carbocycles. The van der Waals surface area contributed by atoms with Gasteiger partial charge in [-0.1, -0.05) is 19.3 Å². The highest BCUT2D eigenvalue weighted by Crippen LogP contribution is 2.27. The number of pyridine rings is 1. The molecule has 2 saturated heterocycles. The number of nitriles is 1. The Morgan fingerprint density at radius 3 is 2.09 bits per heavy atom. The summed E-state index contributed by atoms with van der Waals surface area (Å²) in [5.41, 5.74) is 4.96. The molecule has 7 heteroatoms. The third-order valence-electron chi connectivity index (χ3n) is 6.69. The first-order valence-corrected chi connectivity index (χ1v) is 12.4. The van der Waals surface area contributed by atoms with Gasteiger partial charge in [-0.05, 0) is 68.1 Å². The fourth-order valence-electron chi connectivity index (χ4n) is 4.84. The van der Waals surface area contributed by atoms with Crippen LogP contribution in [0.4, 0.5) is 23.0 Å². The lowest BCUT2D eigenvalue weighted by molar-refractivity contribution is 0.556. The Hall–Kier alpha value is -3.66. The fourth-order valence-corrected chi connectivity index (χ4v) is 4.84. The molecule has 0 aliphatic carbocycles. The average molecular weight is 454 g/mol. The first-order chi connectivity index (χ1) is 16.8. The lowest BCUT2D eigenvalue weighted by Gasteiger charge is -2.27. The molecule has 0 unspecified atom stereocenters. The lowest BCUT2D eigenvalue weighted by Crippen LogP contribution is -2.26. The SMILES string of the molecule is N#Cc1nc(-c2ccnc(Nc3ccc(N4CCCCCCC4)cc3)n2)ccc1N1CCCC1. The molecule has 0 amide bonds. The third kappa shape index (κ3) is 5.12. The van der Waals surface area contributed by atoms with Gasteiger partial charge in [0.2, 0.25) is 5.95 Å². The van der Waals surface area contributed by atoms with Crippen molar-refractivity contribution >= 4 is 23.0 Å². The van der Waals surface area contributed by atoms with Crippen molar-refractivity contribution in [2.45, 2.75) is 44.9 Å². The van der Waals surface area contributed by atoms with Crippen LogP contribution in [0.15, 0.2) is 48.7 Å². The number of nitrogens with zero attached hydrogens (tertiary/aromatic N) is 6. The van der Waals surface area contributed by atoms with Crippen molar-refractivity contribution in [3.8, 4) is 17.5 Å². The van der Waals surface area contributed by atoms with Crippen molar-refractivity contribution in [3.63, 3.8) is 0 Å². The highest BCUT2D eigenvalue weighted by Gasteiger charge is 2.18. The first-order valence-electron chi connectivity index (χ1n) is 12.4. The Morgan fingerprint density at radius 2 is 1.35 bits per heavy atom. The van der Waals surface area contributed by atoms with Crippen molar-refractivity contribution < 1.29 is 0 Å². The summed E-state index contributed by atoms with van der Waals surface area (Å²) in [6, 6.07) is 16.5. The highest BCUT2D eigenvalue weighted by molar-refractivity contribution is 5.65. The van der Waals surface area contributed by atoms with Crippen LogP contribution in [0, 0.1) is 11.3 Å². The molecule has 2 fully saturated rings. The highest BCUT2D eigenvalue weighted by atomic mass is 15.2. The van der Waals surface area contributed by atoms with E-state index in [9.17, 15) is 5.26 Å². The first kappa shape index (κ1) is 22.1. The summed E-state index contributed by atoms with van der Waals surface area (Å²) in [6.07, 6.45) is 10.6. The van der Waals surface area contributed by atoms with Gasteiger partial charge in [0.25, 0.3) is 0 Å². The number of benzene rings is 1. The maximum atomic E-state index is 9.66. The molecular weight excluding hydrogens is 422 g/mol. The van der Waals surface area contributed by atoms with E-state index in [-0.39, 0.29) is 0 Å². The van der Waals surface area contributed by atoms with E-state index in [0.29, 0.717) is 23.0 Å². The number of anilines is 4. The summed E-state index contributed by atoms with van der Waals surface area (Å²) < 4.78 is 0. The van der Waals surface area contributed by atoms with Crippen molar-refractivity contribution in [2.75, 3.05) is 41.3 Å². The molecule has 5 rings (SSSR count). The molecule has 0 radical (unpaired) electrons. The lowest BCUT2D eigenvalue weighted by atomic mass is 10.1. The topological polar surface area (TPSA) is 81.0 Å². The van der Waals surface area contributed by atoms with Crippen LogP contribution in [0.5, 0.6) is 0 Å². The van der Waals surface area contributed by atoms with E-state index in [1.165, 1.54) is 37.8 Å². The van der Waals surface area contributed by atoms with Crippen LogP contribution < -0.4 is 15.1 Å². The minimum Gasteiger partial charge on any atom is -0.372 e. The molecule has 174 valence electrons. The van der Waals surface area contributed by atoms with Gasteiger partial charge in [0.15, 0.2) is 5.69 Å². The normalized spacial score (nSPS) is 16.6. The van der Waals surface area contributed by atoms with Gasteiger partial charge in [-0.2, -0.15) is 5.26 Å². The van der Waals surface area contributed by atoms with E-state index in [0.717, 1.165) is 50.4 Å². The van der Waals surface area contributed by atoms with Gasteiger partial charge in [0.1, 0.15) is 6.07 Å². The van der Waals surface area contributed by atoms with Gasteiger partial charge in [-0.15, -0.1) is 0 Å². The molecule has 2 aromatic heterocycles. The minimum atomic E-state index is 0.451. The Balaban J connectivity index is 1.30. The molecule has 2 aliphatic heterocycles.